The molecule has 2 heterocycles. The molecular weight excluding hydrogens is 276 g/mol. The largest absolute Gasteiger partial charge is 0.497 e. The van der Waals surface area contributed by atoms with Gasteiger partial charge in [0.1, 0.15) is 17.1 Å². The number of ether oxygens (including phenoxy) is 1. The molecule has 0 bridgehead atoms. The molecule has 2 aromatic heterocycles. The molecule has 0 amide bonds. The van der Waals surface area contributed by atoms with E-state index in [9.17, 15) is 0 Å². The SMILES string of the molecule is COc1ccc(-c2cc(C)c(C)n2-c2c(C)noc2C)cc1. The van der Waals surface area contributed by atoms with Crippen molar-refractivity contribution in [2.75, 3.05) is 7.11 Å². The molecule has 0 saturated carbocycles. The fourth-order valence-corrected chi connectivity index (χ4v) is 2.79. The number of methoxy groups -OCH3 is 1. The quantitative estimate of drug-likeness (QED) is 0.720. The fourth-order valence-electron chi connectivity index (χ4n) is 2.79. The lowest BCUT2D eigenvalue weighted by atomic mass is 10.1. The van der Waals surface area contributed by atoms with Crippen LogP contribution in [0.1, 0.15) is 22.7 Å². The Morgan fingerprint density at radius 1 is 1.05 bits per heavy atom. The van der Waals surface area contributed by atoms with E-state index in [-0.39, 0.29) is 0 Å². The van der Waals surface area contributed by atoms with Crippen LogP contribution in [-0.4, -0.2) is 16.8 Å². The molecule has 0 radical (unpaired) electrons. The second-order valence-electron chi connectivity index (χ2n) is 5.53. The summed E-state index contributed by atoms with van der Waals surface area (Å²) in [5.41, 5.74) is 6.62. The second-order valence-corrected chi connectivity index (χ2v) is 5.53. The van der Waals surface area contributed by atoms with E-state index in [4.69, 9.17) is 9.26 Å². The Bertz CT molecular complexity index is 791. The third kappa shape index (κ3) is 2.21. The Balaban J connectivity index is 2.22. The molecule has 0 saturated heterocycles. The molecule has 0 spiro atoms. The maximum Gasteiger partial charge on any atom is 0.157 e. The highest BCUT2D eigenvalue weighted by Crippen LogP contribution is 2.32. The zero-order chi connectivity index (χ0) is 15.9. The summed E-state index contributed by atoms with van der Waals surface area (Å²) < 4.78 is 12.8. The molecule has 4 nitrogen and oxygen atoms in total. The van der Waals surface area contributed by atoms with E-state index in [1.54, 1.807) is 7.11 Å². The van der Waals surface area contributed by atoms with Crippen LogP contribution in [0, 0.1) is 27.7 Å². The van der Waals surface area contributed by atoms with Crippen LogP contribution in [0.2, 0.25) is 0 Å². The van der Waals surface area contributed by atoms with Crippen molar-refractivity contribution >= 4 is 0 Å². The van der Waals surface area contributed by atoms with Gasteiger partial charge in [0.05, 0.1) is 12.8 Å². The van der Waals surface area contributed by atoms with E-state index in [2.05, 4.69) is 41.8 Å². The average molecular weight is 296 g/mol. The highest BCUT2D eigenvalue weighted by atomic mass is 16.5. The Morgan fingerprint density at radius 3 is 2.27 bits per heavy atom. The third-order valence-corrected chi connectivity index (χ3v) is 4.11. The minimum absolute atomic E-state index is 0.825. The summed E-state index contributed by atoms with van der Waals surface area (Å²) in [4.78, 5) is 0. The van der Waals surface area contributed by atoms with Gasteiger partial charge in [-0.3, -0.25) is 0 Å². The highest BCUT2D eigenvalue weighted by molar-refractivity contribution is 5.67. The van der Waals surface area contributed by atoms with Crippen molar-refractivity contribution in [3.63, 3.8) is 0 Å². The summed E-state index contributed by atoms with van der Waals surface area (Å²) in [5, 5.41) is 4.09. The van der Waals surface area contributed by atoms with Crippen LogP contribution in [0.25, 0.3) is 16.9 Å². The van der Waals surface area contributed by atoms with E-state index in [1.807, 2.05) is 26.0 Å². The molecule has 1 aromatic carbocycles. The molecule has 3 aromatic rings. The minimum Gasteiger partial charge on any atom is -0.497 e. The molecule has 4 heteroatoms. The Labute approximate surface area is 130 Å². The van der Waals surface area contributed by atoms with Crippen molar-refractivity contribution in [2.45, 2.75) is 27.7 Å². The average Bonchev–Trinajstić information content (AvgIpc) is 3.00. The number of aryl methyl sites for hydroxylation is 3. The van der Waals surface area contributed by atoms with Gasteiger partial charge in [0.25, 0.3) is 0 Å². The number of rotatable bonds is 3. The van der Waals surface area contributed by atoms with E-state index < -0.39 is 0 Å². The molecule has 22 heavy (non-hydrogen) atoms. The first-order chi connectivity index (χ1) is 10.5. The summed E-state index contributed by atoms with van der Waals surface area (Å²) in [6.45, 7) is 8.16. The van der Waals surface area contributed by atoms with Crippen LogP contribution in [0.15, 0.2) is 34.9 Å². The van der Waals surface area contributed by atoms with Crippen LogP contribution in [0.4, 0.5) is 0 Å². The normalized spacial score (nSPS) is 11.0. The van der Waals surface area contributed by atoms with Gasteiger partial charge in [-0.05, 0) is 69.2 Å². The summed E-state index contributed by atoms with van der Waals surface area (Å²) in [7, 11) is 1.68. The van der Waals surface area contributed by atoms with E-state index in [1.165, 1.54) is 11.3 Å². The smallest absolute Gasteiger partial charge is 0.157 e. The predicted molar refractivity (Wildman–Crippen MR) is 86.8 cm³/mol. The summed E-state index contributed by atoms with van der Waals surface area (Å²) >= 11 is 0. The monoisotopic (exact) mass is 296 g/mol. The predicted octanol–water partition coefficient (Wildman–Crippen LogP) is 4.37. The standard InChI is InChI=1S/C18H20N2O2/c1-11-10-17(15-6-8-16(21-5)9-7-15)20(13(11)3)18-12(2)19-22-14(18)4/h6-10H,1-5H3. The van der Waals surface area contributed by atoms with Gasteiger partial charge in [-0.25, -0.2) is 0 Å². The van der Waals surface area contributed by atoms with Gasteiger partial charge in [0.2, 0.25) is 0 Å². The van der Waals surface area contributed by atoms with Crippen molar-refractivity contribution in [1.29, 1.82) is 0 Å². The van der Waals surface area contributed by atoms with Crippen LogP contribution < -0.4 is 4.74 Å². The van der Waals surface area contributed by atoms with Crippen LogP contribution >= 0.6 is 0 Å². The lowest BCUT2D eigenvalue weighted by Crippen LogP contribution is -2.02. The lowest BCUT2D eigenvalue weighted by Gasteiger charge is -2.12. The lowest BCUT2D eigenvalue weighted by molar-refractivity contribution is 0.393. The van der Waals surface area contributed by atoms with Crippen molar-refractivity contribution in [2.24, 2.45) is 0 Å². The molecule has 3 rings (SSSR count). The molecule has 0 atom stereocenters. The summed E-state index contributed by atoms with van der Waals surface area (Å²) in [6.07, 6.45) is 0. The first-order valence-corrected chi connectivity index (χ1v) is 7.29. The third-order valence-electron chi connectivity index (χ3n) is 4.11. The minimum atomic E-state index is 0.825. The molecule has 0 aliphatic carbocycles. The number of benzene rings is 1. The first kappa shape index (κ1) is 14.4. The van der Waals surface area contributed by atoms with Crippen molar-refractivity contribution in [1.82, 2.24) is 9.72 Å². The zero-order valence-corrected chi connectivity index (χ0v) is 13.6. The second kappa shape index (κ2) is 5.37. The number of hydrogen-bond donors (Lipinski definition) is 0. The van der Waals surface area contributed by atoms with Crippen molar-refractivity contribution < 1.29 is 9.26 Å². The Morgan fingerprint density at radius 2 is 1.73 bits per heavy atom. The van der Waals surface area contributed by atoms with E-state index in [0.717, 1.165) is 34.1 Å². The van der Waals surface area contributed by atoms with Gasteiger partial charge in [0, 0.05) is 5.69 Å². The molecule has 0 unspecified atom stereocenters. The van der Waals surface area contributed by atoms with Gasteiger partial charge >= 0.3 is 0 Å². The van der Waals surface area contributed by atoms with Crippen LogP contribution in [-0.2, 0) is 0 Å². The molecule has 0 aliphatic rings. The van der Waals surface area contributed by atoms with Gasteiger partial charge in [-0.15, -0.1) is 0 Å². The van der Waals surface area contributed by atoms with Crippen molar-refractivity contribution in [3.05, 3.63) is 53.0 Å². The van der Waals surface area contributed by atoms with Crippen molar-refractivity contribution in [3.8, 4) is 22.7 Å². The Hall–Kier alpha value is -2.49. The number of hydrogen-bond acceptors (Lipinski definition) is 3. The molecule has 114 valence electrons. The molecule has 0 aliphatic heterocycles. The van der Waals surface area contributed by atoms with E-state index >= 15 is 0 Å². The maximum absolute atomic E-state index is 5.35. The van der Waals surface area contributed by atoms with Crippen LogP contribution in [0.3, 0.4) is 0 Å². The van der Waals surface area contributed by atoms with Gasteiger partial charge in [-0.2, -0.15) is 0 Å². The number of nitrogens with zero attached hydrogens (tertiary/aromatic N) is 2. The maximum atomic E-state index is 5.35. The van der Waals surface area contributed by atoms with E-state index in [0.29, 0.717) is 0 Å². The molecule has 0 N–H and O–H groups in total. The van der Waals surface area contributed by atoms with Crippen LogP contribution in [0.5, 0.6) is 5.75 Å². The summed E-state index contributed by atoms with van der Waals surface area (Å²) in [5.74, 6) is 1.68. The van der Waals surface area contributed by atoms with Gasteiger partial charge in [-0.1, -0.05) is 5.16 Å². The molecular formula is C18H20N2O2. The zero-order valence-electron chi connectivity index (χ0n) is 13.6. The number of aromatic nitrogens is 2. The van der Waals surface area contributed by atoms with Gasteiger partial charge < -0.3 is 13.8 Å². The fraction of sp³-hybridized carbons (Fsp3) is 0.278. The Kier molecular flexibility index (Phi) is 3.53. The molecule has 0 fully saturated rings. The summed E-state index contributed by atoms with van der Waals surface area (Å²) in [6, 6.07) is 10.3. The highest BCUT2D eigenvalue weighted by Gasteiger charge is 2.19. The van der Waals surface area contributed by atoms with Gasteiger partial charge in [0.15, 0.2) is 5.76 Å². The topological polar surface area (TPSA) is 40.2 Å². The first-order valence-electron chi connectivity index (χ1n) is 7.29.